The topological polar surface area (TPSA) is 0 Å². The van der Waals surface area contributed by atoms with Gasteiger partial charge in [0.1, 0.15) is 0 Å². The molecule has 0 aromatic heterocycles. The third kappa shape index (κ3) is 1.67. The van der Waals surface area contributed by atoms with Crippen LogP contribution < -0.4 is 0 Å². The predicted molar refractivity (Wildman–Crippen MR) is 60.7 cm³/mol. The van der Waals surface area contributed by atoms with Crippen molar-refractivity contribution in [1.82, 2.24) is 0 Å². The van der Waals surface area contributed by atoms with Crippen LogP contribution in [0, 0.1) is 0 Å². The molecular weight excluding hydrogens is 200 g/mol. The lowest BCUT2D eigenvalue weighted by Crippen LogP contribution is -1.76. The molecule has 0 bridgehead atoms. The fourth-order valence-electron chi connectivity index (χ4n) is 1.40. The molecule has 0 aliphatic carbocycles. The van der Waals surface area contributed by atoms with Crippen LogP contribution in [0.5, 0.6) is 0 Å². The van der Waals surface area contributed by atoms with Gasteiger partial charge >= 0.3 is 0 Å². The minimum atomic E-state index is 0.797. The van der Waals surface area contributed by atoms with Gasteiger partial charge in [0.2, 0.25) is 0 Å². The highest BCUT2D eigenvalue weighted by molar-refractivity contribution is 7.98. The van der Waals surface area contributed by atoms with Crippen LogP contribution in [-0.2, 0) is 0 Å². The lowest BCUT2D eigenvalue weighted by molar-refractivity contribution is 1.55. The third-order valence-corrected chi connectivity index (χ3v) is 3.05. The molecule has 0 unspecified atom stereocenters. The van der Waals surface area contributed by atoms with Gasteiger partial charge < -0.3 is 0 Å². The number of halogens is 1. The molecule has 0 aliphatic heterocycles. The summed E-state index contributed by atoms with van der Waals surface area (Å²) in [7, 11) is 0. The highest BCUT2D eigenvalue weighted by Gasteiger charge is 1.98. The van der Waals surface area contributed by atoms with E-state index in [-0.39, 0.29) is 0 Å². The summed E-state index contributed by atoms with van der Waals surface area (Å²) in [6, 6.07) is 12.3. The molecule has 0 N–H and O–H groups in total. The van der Waals surface area contributed by atoms with Gasteiger partial charge in [0.25, 0.3) is 0 Å². The van der Waals surface area contributed by atoms with Gasteiger partial charge in [-0.1, -0.05) is 29.8 Å². The van der Waals surface area contributed by atoms with Crippen LogP contribution in [-0.4, -0.2) is 6.26 Å². The standard InChI is InChI=1S/C11H9ClS/c1-13-11-4-2-3-8-7-9(12)5-6-10(8)11/h2-7H,1H3. The Morgan fingerprint density at radius 3 is 2.77 bits per heavy atom. The molecule has 0 heterocycles. The molecule has 2 aromatic rings. The predicted octanol–water partition coefficient (Wildman–Crippen LogP) is 4.22. The van der Waals surface area contributed by atoms with E-state index >= 15 is 0 Å². The Labute approximate surface area is 86.9 Å². The van der Waals surface area contributed by atoms with Crippen LogP contribution >= 0.6 is 23.4 Å². The number of fused-ring (bicyclic) bond motifs is 1. The highest BCUT2D eigenvalue weighted by Crippen LogP contribution is 2.27. The number of hydrogen-bond donors (Lipinski definition) is 0. The second kappa shape index (κ2) is 3.60. The average molecular weight is 209 g/mol. The second-order valence-electron chi connectivity index (χ2n) is 2.83. The van der Waals surface area contributed by atoms with E-state index in [1.807, 2.05) is 12.1 Å². The van der Waals surface area contributed by atoms with Gasteiger partial charge in [-0.15, -0.1) is 11.8 Å². The van der Waals surface area contributed by atoms with Crippen molar-refractivity contribution in [2.75, 3.05) is 6.26 Å². The van der Waals surface area contributed by atoms with Gasteiger partial charge in [0.15, 0.2) is 0 Å². The van der Waals surface area contributed by atoms with E-state index in [1.54, 1.807) is 11.8 Å². The van der Waals surface area contributed by atoms with Crippen molar-refractivity contribution >= 4 is 34.1 Å². The SMILES string of the molecule is CSc1cccc2cc(Cl)ccc12. The fourth-order valence-corrected chi connectivity index (χ4v) is 2.20. The smallest absolute Gasteiger partial charge is 0.0412 e. The molecule has 2 rings (SSSR count). The van der Waals surface area contributed by atoms with Crippen molar-refractivity contribution < 1.29 is 0 Å². The first-order valence-corrected chi connectivity index (χ1v) is 5.64. The third-order valence-electron chi connectivity index (χ3n) is 2.02. The van der Waals surface area contributed by atoms with E-state index in [0.717, 1.165) is 5.02 Å². The van der Waals surface area contributed by atoms with Gasteiger partial charge in [-0.25, -0.2) is 0 Å². The first-order chi connectivity index (χ1) is 6.31. The fraction of sp³-hybridized carbons (Fsp3) is 0.0909. The molecule has 66 valence electrons. The zero-order chi connectivity index (χ0) is 9.26. The zero-order valence-corrected chi connectivity index (χ0v) is 8.82. The van der Waals surface area contributed by atoms with Gasteiger partial charge in [0.05, 0.1) is 0 Å². The second-order valence-corrected chi connectivity index (χ2v) is 4.11. The molecule has 0 radical (unpaired) electrons. The molecule has 0 amide bonds. The Morgan fingerprint density at radius 1 is 1.15 bits per heavy atom. The van der Waals surface area contributed by atoms with E-state index in [4.69, 9.17) is 11.6 Å². The summed E-state index contributed by atoms with van der Waals surface area (Å²) in [5, 5.41) is 3.28. The maximum Gasteiger partial charge on any atom is 0.0412 e. The van der Waals surface area contributed by atoms with Crippen LogP contribution in [0.15, 0.2) is 41.3 Å². The van der Waals surface area contributed by atoms with Crippen LogP contribution in [0.1, 0.15) is 0 Å². The Bertz CT molecular complexity index is 437. The first-order valence-electron chi connectivity index (χ1n) is 4.03. The Kier molecular flexibility index (Phi) is 2.47. The molecule has 2 aromatic carbocycles. The summed E-state index contributed by atoms with van der Waals surface area (Å²) in [6.07, 6.45) is 2.09. The lowest BCUT2D eigenvalue weighted by Gasteiger charge is -2.03. The summed E-state index contributed by atoms with van der Waals surface area (Å²) in [4.78, 5) is 1.30. The monoisotopic (exact) mass is 208 g/mol. The molecular formula is C11H9ClS. The minimum absolute atomic E-state index is 0.797. The lowest BCUT2D eigenvalue weighted by atomic mass is 10.1. The van der Waals surface area contributed by atoms with Crippen molar-refractivity contribution in [3.63, 3.8) is 0 Å². The van der Waals surface area contributed by atoms with Crippen molar-refractivity contribution in [1.29, 1.82) is 0 Å². The molecule has 0 atom stereocenters. The van der Waals surface area contributed by atoms with Crippen molar-refractivity contribution in [2.24, 2.45) is 0 Å². The van der Waals surface area contributed by atoms with Gasteiger partial charge in [-0.2, -0.15) is 0 Å². The Balaban J connectivity index is 2.77. The molecule has 2 heteroatoms. The Hall–Kier alpha value is -0.660. The quantitative estimate of drug-likeness (QED) is 0.633. The average Bonchev–Trinajstić information content (AvgIpc) is 2.16. The molecule has 0 aliphatic rings. The molecule has 0 saturated heterocycles. The summed E-state index contributed by atoms with van der Waals surface area (Å²) in [5.41, 5.74) is 0. The van der Waals surface area contributed by atoms with Gasteiger partial charge in [-0.05, 0) is 35.2 Å². The normalized spacial score (nSPS) is 10.6. The van der Waals surface area contributed by atoms with Crippen LogP contribution in [0.2, 0.25) is 5.02 Å². The van der Waals surface area contributed by atoms with E-state index in [2.05, 4.69) is 30.5 Å². The van der Waals surface area contributed by atoms with Crippen LogP contribution in [0.3, 0.4) is 0 Å². The van der Waals surface area contributed by atoms with Gasteiger partial charge in [0, 0.05) is 9.92 Å². The highest BCUT2D eigenvalue weighted by atomic mass is 35.5. The number of hydrogen-bond acceptors (Lipinski definition) is 1. The van der Waals surface area contributed by atoms with E-state index in [1.165, 1.54) is 15.7 Å². The molecule has 0 nitrogen and oxygen atoms in total. The van der Waals surface area contributed by atoms with Crippen molar-refractivity contribution in [2.45, 2.75) is 4.90 Å². The summed E-state index contributed by atoms with van der Waals surface area (Å²) >= 11 is 7.67. The van der Waals surface area contributed by atoms with E-state index in [0.29, 0.717) is 0 Å². The molecule has 0 fully saturated rings. The zero-order valence-electron chi connectivity index (χ0n) is 7.25. The van der Waals surface area contributed by atoms with Crippen molar-refractivity contribution in [3.8, 4) is 0 Å². The summed E-state index contributed by atoms with van der Waals surface area (Å²) < 4.78 is 0. The minimum Gasteiger partial charge on any atom is -0.129 e. The summed E-state index contributed by atoms with van der Waals surface area (Å²) in [5.74, 6) is 0. The maximum atomic E-state index is 5.91. The van der Waals surface area contributed by atoms with E-state index in [9.17, 15) is 0 Å². The van der Waals surface area contributed by atoms with Crippen LogP contribution in [0.4, 0.5) is 0 Å². The molecule has 13 heavy (non-hydrogen) atoms. The molecule has 0 spiro atoms. The van der Waals surface area contributed by atoms with E-state index < -0.39 is 0 Å². The molecule has 0 saturated carbocycles. The number of thioether (sulfide) groups is 1. The van der Waals surface area contributed by atoms with Crippen molar-refractivity contribution in [3.05, 3.63) is 41.4 Å². The Morgan fingerprint density at radius 2 is 2.00 bits per heavy atom. The number of benzene rings is 2. The number of rotatable bonds is 1. The maximum absolute atomic E-state index is 5.91. The van der Waals surface area contributed by atoms with Crippen LogP contribution in [0.25, 0.3) is 10.8 Å². The summed E-state index contributed by atoms with van der Waals surface area (Å²) in [6.45, 7) is 0. The largest absolute Gasteiger partial charge is 0.129 e. The first kappa shape index (κ1) is 8.92. The van der Waals surface area contributed by atoms with Gasteiger partial charge in [-0.3, -0.25) is 0 Å².